The standard InChI is InChI=1S/C13H15NO4/c1-2-17-12(15)10-11(14-10)13(16)18-8-9-6-4-3-5-7-9/h3-7,10-11,14H,2,8H2,1H3/t10-,11-/m1/s1. The zero-order chi connectivity index (χ0) is 13.0. The summed E-state index contributed by atoms with van der Waals surface area (Å²) >= 11 is 0. The normalized spacial score (nSPS) is 21.2. The highest BCUT2D eigenvalue weighted by Gasteiger charge is 2.49. The van der Waals surface area contributed by atoms with E-state index in [1.54, 1.807) is 6.92 Å². The van der Waals surface area contributed by atoms with E-state index >= 15 is 0 Å². The molecule has 0 radical (unpaired) electrons. The summed E-state index contributed by atoms with van der Waals surface area (Å²) in [5, 5.41) is 2.74. The molecule has 1 saturated heterocycles. The lowest BCUT2D eigenvalue weighted by molar-refractivity contribution is -0.148. The number of hydrogen-bond acceptors (Lipinski definition) is 5. The highest BCUT2D eigenvalue weighted by Crippen LogP contribution is 2.15. The van der Waals surface area contributed by atoms with Crippen LogP contribution < -0.4 is 5.32 Å². The maximum atomic E-state index is 11.6. The monoisotopic (exact) mass is 249 g/mol. The van der Waals surface area contributed by atoms with E-state index < -0.39 is 24.0 Å². The van der Waals surface area contributed by atoms with Crippen LogP contribution in [0.3, 0.4) is 0 Å². The van der Waals surface area contributed by atoms with Gasteiger partial charge in [0.1, 0.15) is 18.7 Å². The average molecular weight is 249 g/mol. The van der Waals surface area contributed by atoms with E-state index in [-0.39, 0.29) is 6.61 Å². The lowest BCUT2D eigenvalue weighted by Crippen LogP contribution is -2.20. The molecule has 5 heteroatoms. The topological polar surface area (TPSA) is 74.5 Å². The smallest absolute Gasteiger partial charge is 0.325 e. The third kappa shape index (κ3) is 3.07. The van der Waals surface area contributed by atoms with E-state index in [0.29, 0.717) is 6.61 Å². The minimum atomic E-state index is -0.562. The van der Waals surface area contributed by atoms with Crippen LogP contribution in [-0.4, -0.2) is 30.6 Å². The fourth-order valence-electron chi connectivity index (χ4n) is 1.60. The molecule has 1 heterocycles. The first-order chi connectivity index (χ1) is 8.72. The number of esters is 2. The van der Waals surface area contributed by atoms with Gasteiger partial charge in [0.15, 0.2) is 0 Å². The van der Waals surface area contributed by atoms with Crippen molar-refractivity contribution in [2.75, 3.05) is 6.61 Å². The maximum absolute atomic E-state index is 11.6. The zero-order valence-corrected chi connectivity index (χ0v) is 10.1. The second kappa shape index (κ2) is 5.64. The van der Waals surface area contributed by atoms with Gasteiger partial charge in [-0.05, 0) is 12.5 Å². The largest absolute Gasteiger partial charge is 0.465 e. The van der Waals surface area contributed by atoms with Crippen molar-refractivity contribution in [1.82, 2.24) is 5.32 Å². The second-order valence-corrected chi connectivity index (χ2v) is 3.97. The van der Waals surface area contributed by atoms with Gasteiger partial charge in [0, 0.05) is 0 Å². The lowest BCUT2D eigenvalue weighted by atomic mass is 10.2. The highest BCUT2D eigenvalue weighted by molar-refractivity contribution is 5.92. The van der Waals surface area contributed by atoms with E-state index in [4.69, 9.17) is 9.47 Å². The van der Waals surface area contributed by atoms with Crippen LogP contribution in [0.1, 0.15) is 12.5 Å². The number of carbonyl (C=O) groups excluding carboxylic acids is 2. The van der Waals surface area contributed by atoms with Gasteiger partial charge in [-0.25, -0.2) is 0 Å². The summed E-state index contributed by atoms with van der Waals surface area (Å²) in [6, 6.07) is 8.28. The molecule has 1 aromatic rings. The van der Waals surface area contributed by atoms with Gasteiger partial charge in [0.2, 0.25) is 0 Å². The summed E-state index contributed by atoms with van der Waals surface area (Å²) in [6.45, 7) is 2.25. The van der Waals surface area contributed by atoms with Crippen molar-refractivity contribution in [3.05, 3.63) is 35.9 Å². The van der Waals surface area contributed by atoms with E-state index in [0.717, 1.165) is 5.56 Å². The van der Waals surface area contributed by atoms with Gasteiger partial charge in [-0.1, -0.05) is 30.3 Å². The molecule has 1 N–H and O–H groups in total. The summed E-state index contributed by atoms with van der Waals surface area (Å²) in [7, 11) is 0. The van der Waals surface area contributed by atoms with Gasteiger partial charge in [-0.2, -0.15) is 0 Å². The fraction of sp³-hybridized carbons (Fsp3) is 0.385. The van der Waals surface area contributed by atoms with E-state index in [9.17, 15) is 9.59 Å². The Bertz CT molecular complexity index is 432. The van der Waals surface area contributed by atoms with Crippen molar-refractivity contribution in [2.45, 2.75) is 25.6 Å². The van der Waals surface area contributed by atoms with Crippen LogP contribution >= 0.6 is 0 Å². The number of carbonyl (C=O) groups is 2. The summed E-state index contributed by atoms with van der Waals surface area (Å²) < 4.78 is 9.90. The Hall–Kier alpha value is -1.88. The third-order valence-corrected chi connectivity index (χ3v) is 2.60. The molecule has 1 aliphatic heterocycles. The van der Waals surface area contributed by atoms with Crippen molar-refractivity contribution in [1.29, 1.82) is 0 Å². The Morgan fingerprint density at radius 1 is 1.11 bits per heavy atom. The van der Waals surface area contributed by atoms with Crippen LogP contribution in [0, 0.1) is 0 Å². The number of hydrogen-bond donors (Lipinski definition) is 1. The van der Waals surface area contributed by atoms with Gasteiger partial charge in [0.05, 0.1) is 6.61 Å². The van der Waals surface area contributed by atoms with E-state index in [2.05, 4.69) is 5.32 Å². The summed E-state index contributed by atoms with van der Waals surface area (Å²) in [5.74, 6) is -0.823. The first-order valence-corrected chi connectivity index (χ1v) is 5.85. The summed E-state index contributed by atoms with van der Waals surface area (Å²) in [5.41, 5.74) is 0.916. The second-order valence-electron chi connectivity index (χ2n) is 3.97. The SMILES string of the molecule is CCOC(=O)[C@@H]1N[C@H]1C(=O)OCc1ccccc1. The minimum absolute atomic E-state index is 0.216. The molecule has 1 fully saturated rings. The summed E-state index contributed by atoms with van der Waals surface area (Å²) in [4.78, 5) is 22.9. The van der Waals surface area contributed by atoms with Crippen LogP contribution in [0.25, 0.3) is 0 Å². The molecule has 0 aliphatic carbocycles. The van der Waals surface area contributed by atoms with Crippen molar-refractivity contribution < 1.29 is 19.1 Å². The Balaban J connectivity index is 1.76. The quantitative estimate of drug-likeness (QED) is 0.612. The minimum Gasteiger partial charge on any atom is -0.465 e. The van der Waals surface area contributed by atoms with Gasteiger partial charge >= 0.3 is 11.9 Å². The lowest BCUT2D eigenvalue weighted by Gasteiger charge is -2.03. The van der Waals surface area contributed by atoms with Gasteiger partial charge < -0.3 is 9.47 Å². The molecule has 2 rings (SSSR count). The molecule has 0 spiro atoms. The number of ether oxygens (including phenoxy) is 2. The zero-order valence-electron chi connectivity index (χ0n) is 10.1. The average Bonchev–Trinajstić information content (AvgIpc) is 3.18. The van der Waals surface area contributed by atoms with Crippen LogP contribution in [0.15, 0.2) is 30.3 Å². The van der Waals surface area contributed by atoms with Crippen LogP contribution in [0.2, 0.25) is 0 Å². The van der Waals surface area contributed by atoms with Crippen molar-refractivity contribution in [2.24, 2.45) is 0 Å². The van der Waals surface area contributed by atoms with Gasteiger partial charge in [0.25, 0.3) is 0 Å². The molecule has 1 aromatic carbocycles. The molecule has 96 valence electrons. The van der Waals surface area contributed by atoms with Crippen molar-refractivity contribution in [3.8, 4) is 0 Å². The van der Waals surface area contributed by atoms with Crippen molar-refractivity contribution in [3.63, 3.8) is 0 Å². The Morgan fingerprint density at radius 3 is 2.33 bits per heavy atom. The fourth-order valence-corrected chi connectivity index (χ4v) is 1.60. The van der Waals surface area contributed by atoms with Crippen LogP contribution in [-0.2, 0) is 25.7 Å². The molecule has 0 aromatic heterocycles. The first-order valence-electron chi connectivity index (χ1n) is 5.85. The van der Waals surface area contributed by atoms with Crippen LogP contribution in [0.4, 0.5) is 0 Å². The molecule has 0 bridgehead atoms. The maximum Gasteiger partial charge on any atom is 0.325 e. The van der Waals surface area contributed by atoms with E-state index in [1.165, 1.54) is 0 Å². The Labute approximate surface area is 105 Å². The molecule has 0 saturated carbocycles. The molecule has 2 atom stereocenters. The summed E-state index contributed by atoms with van der Waals surface area (Å²) in [6.07, 6.45) is 0. The predicted octanol–water partition coefficient (Wildman–Crippen LogP) is 0.633. The molecular weight excluding hydrogens is 234 g/mol. The van der Waals surface area contributed by atoms with Gasteiger partial charge in [-0.15, -0.1) is 0 Å². The molecule has 0 unspecified atom stereocenters. The molecule has 1 aliphatic rings. The molecule has 0 amide bonds. The van der Waals surface area contributed by atoms with Gasteiger partial charge in [-0.3, -0.25) is 14.9 Å². The Morgan fingerprint density at radius 2 is 1.72 bits per heavy atom. The number of benzene rings is 1. The highest BCUT2D eigenvalue weighted by atomic mass is 16.5. The number of rotatable bonds is 5. The van der Waals surface area contributed by atoms with E-state index in [1.807, 2.05) is 30.3 Å². The first kappa shape index (κ1) is 12.6. The van der Waals surface area contributed by atoms with Crippen molar-refractivity contribution >= 4 is 11.9 Å². The molecular formula is C13H15NO4. The molecule has 5 nitrogen and oxygen atoms in total. The third-order valence-electron chi connectivity index (χ3n) is 2.60. The predicted molar refractivity (Wildman–Crippen MR) is 63.6 cm³/mol. The molecule has 18 heavy (non-hydrogen) atoms. The van der Waals surface area contributed by atoms with Crippen LogP contribution in [0.5, 0.6) is 0 Å². The number of nitrogens with one attached hydrogen (secondary N) is 1. The Kier molecular flexibility index (Phi) is 3.94.